The Morgan fingerprint density at radius 3 is 2.65 bits per heavy atom. The summed E-state index contributed by atoms with van der Waals surface area (Å²) in [5.41, 5.74) is 1.12. The monoisotopic (exact) mass is 337 g/mol. The van der Waals surface area contributed by atoms with Gasteiger partial charge in [0, 0.05) is 19.0 Å². The van der Waals surface area contributed by atoms with E-state index in [1.54, 1.807) is 0 Å². The van der Waals surface area contributed by atoms with Crippen LogP contribution in [0.4, 0.5) is 0 Å². The molecule has 2 atom stereocenters. The normalized spacial score (nSPS) is 22.2. The number of amides is 2. The molecule has 0 spiro atoms. The molecule has 2 unspecified atom stereocenters. The molecule has 0 saturated carbocycles. The fraction of sp³-hybridized carbons (Fsp3) is 0.529. The Morgan fingerprint density at radius 2 is 2.04 bits per heavy atom. The van der Waals surface area contributed by atoms with Crippen LogP contribution < -0.4 is 10.6 Å². The first-order valence-electron chi connectivity index (χ1n) is 7.99. The van der Waals surface area contributed by atoms with Gasteiger partial charge in [-0.15, -0.1) is 12.4 Å². The summed E-state index contributed by atoms with van der Waals surface area (Å²) < 4.78 is 0. The van der Waals surface area contributed by atoms with Gasteiger partial charge in [-0.05, 0) is 31.0 Å². The first-order chi connectivity index (χ1) is 10.6. The van der Waals surface area contributed by atoms with Crippen molar-refractivity contribution in [1.29, 1.82) is 0 Å². The van der Waals surface area contributed by atoms with Gasteiger partial charge < -0.3 is 15.5 Å². The zero-order chi connectivity index (χ0) is 15.5. The average molecular weight is 338 g/mol. The second-order valence-electron chi connectivity index (χ2n) is 6.30. The first kappa shape index (κ1) is 17.8. The van der Waals surface area contributed by atoms with Crippen molar-refractivity contribution in [3.05, 3.63) is 35.9 Å². The number of halogens is 1. The van der Waals surface area contributed by atoms with Gasteiger partial charge >= 0.3 is 0 Å². The molecule has 6 heteroatoms. The number of nitrogens with zero attached hydrogens (tertiary/aromatic N) is 1. The molecule has 2 heterocycles. The highest BCUT2D eigenvalue weighted by Crippen LogP contribution is 2.19. The van der Waals surface area contributed by atoms with Crippen LogP contribution in [0, 0.1) is 11.8 Å². The highest BCUT2D eigenvalue weighted by atomic mass is 35.5. The zero-order valence-corrected chi connectivity index (χ0v) is 14.1. The summed E-state index contributed by atoms with van der Waals surface area (Å²) in [6.07, 6.45) is 0.701. The van der Waals surface area contributed by atoms with E-state index in [1.807, 2.05) is 42.2 Å². The summed E-state index contributed by atoms with van der Waals surface area (Å²) in [5.74, 6) is 0.414. The van der Waals surface area contributed by atoms with Crippen LogP contribution in [0.1, 0.15) is 18.9 Å². The van der Waals surface area contributed by atoms with Gasteiger partial charge in [-0.1, -0.05) is 37.3 Å². The highest BCUT2D eigenvalue weighted by molar-refractivity contribution is 5.89. The van der Waals surface area contributed by atoms with E-state index in [4.69, 9.17) is 0 Å². The van der Waals surface area contributed by atoms with Crippen molar-refractivity contribution in [2.75, 3.05) is 19.6 Å². The van der Waals surface area contributed by atoms with Gasteiger partial charge in [-0.2, -0.15) is 0 Å². The maximum Gasteiger partial charge on any atom is 0.245 e. The van der Waals surface area contributed by atoms with Gasteiger partial charge in [-0.3, -0.25) is 9.59 Å². The van der Waals surface area contributed by atoms with Crippen LogP contribution in [0.15, 0.2) is 30.3 Å². The smallest absolute Gasteiger partial charge is 0.245 e. The lowest BCUT2D eigenvalue weighted by Gasteiger charge is -2.32. The van der Waals surface area contributed by atoms with Gasteiger partial charge in [0.05, 0.1) is 0 Å². The minimum Gasteiger partial charge on any atom is -0.344 e. The summed E-state index contributed by atoms with van der Waals surface area (Å²) in [6.45, 7) is 5.06. The number of rotatable bonds is 5. The summed E-state index contributed by atoms with van der Waals surface area (Å²) >= 11 is 0. The van der Waals surface area contributed by atoms with Crippen molar-refractivity contribution in [2.24, 2.45) is 11.8 Å². The summed E-state index contributed by atoms with van der Waals surface area (Å²) in [5, 5.41) is 6.11. The second-order valence-corrected chi connectivity index (χ2v) is 6.30. The Kier molecular flexibility index (Phi) is 6.02. The minimum atomic E-state index is -0.355. The molecule has 0 radical (unpaired) electrons. The molecule has 23 heavy (non-hydrogen) atoms. The zero-order valence-electron chi connectivity index (χ0n) is 13.3. The molecule has 0 aromatic heterocycles. The van der Waals surface area contributed by atoms with E-state index in [0.29, 0.717) is 25.4 Å². The fourth-order valence-corrected chi connectivity index (χ4v) is 3.02. The van der Waals surface area contributed by atoms with Gasteiger partial charge in [0.25, 0.3) is 0 Å². The van der Waals surface area contributed by atoms with Crippen molar-refractivity contribution in [1.82, 2.24) is 15.5 Å². The van der Waals surface area contributed by atoms with E-state index in [1.165, 1.54) is 0 Å². The number of hydrogen-bond acceptors (Lipinski definition) is 3. The summed E-state index contributed by atoms with van der Waals surface area (Å²) in [6, 6.07) is 9.60. The predicted molar refractivity (Wildman–Crippen MR) is 91.2 cm³/mol. The van der Waals surface area contributed by atoms with Crippen LogP contribution in [0.2, 0.25) is 0 Å². The van der Waals surface area contributed by atoms with Gasteiger partial charge in [0.1, 0.15) is 6.04 Å². The van der Waals surface area contributed by atoms with Crippen LogP contribution >= 0.6 is 12.4 Å². The van der Waals surface area contributed by atoms with Crippen LogP contribution in [0.5, 0.6) is 0 Å². The maximum atomic E-state index is 12.4. The van der Waals surface area contributed by atoms with Crippen molar-refractivity contribution in [2.45, 2.75) is 25.9 Å². The molecule has 3 rings (SSSR count). The van der Waals surface area contributed by atoms with Crippen LogP contribution in [-0.4, -0.2) is 42.4 Å². The molecule has 2 saturated heterocycles. The van der Waals surface area contributed by atoms with Gasteiger partial charge in [0.15, 0.2) is 0 Å². The van der Waals surface area contributed by atoms with E-state index in [2.05, 4.69) is 10.6 Å². The number of carbonyl (C=O) groups excluding carboxylic acids is 2. The molecular formula is C17H24ClN3O2. The molecule has 2 aliphatic heterocycles. The maximum absolute atomic E-state index is 12.4. The van der Waals surface area contributed by atoms with E-state index in [-0.39, 0.29) is 36.2 Å². The lowest BCUT2D eigenvalue weighted by atomic mass is 9.88. The van der Waals surface area contributed by atoms with E-state index in [9.17, 15) is 9.59 Å². The first-order valence-corrected chi connectivity index (χ1v) is 7.99. The number of likely N-dealkylation sites (tertiary alicyclic amines) is 1. The SMILES string of the molecule is CC(C(=O)NC1CCN(Cc2ccccc2)C1=O)C1CNC1.Cl. The van der Waals surface area contributed by atoms with Crippen LogP contribution in [-0.2, 0) is 16.1 Å². The largest absolute Gasteiger partial charge is 0.344 e. The summed E-state index contributed by atoms with van der Waals surface area (Å²) in [4.78, 5) is 26.5. The molecule has 2 fully saturated rings. The van der Waals surface area contributed by atoms with E-state index >= 15 is 0 Å². The minimum absolute atomic E-state index is 0. The predicted octanol–water partition coefficient (Wildman–Crippen LogP) is 1.18. The molecule has 2 N–H and O–H groups in total. The van der Waals surface area contributed by atoms with Crippen molar-refractivity contribution < 1.29 is 9.59 Å². The van der Waals surface area contributed by atoms with Crippen molar-refractivity contribution in [3.8, 4) is 0 Å². The molecular weight excluding hydrogens is 314 g/mol. The molecule has 0 aliphatic carbocycles. The van der Waals surface area contributed by atoms with Crippen molar-refractivity contribution in [3.63, 3.8) is 0 Å². The Hall–Kier alpha value is -1.59. The molecule has 2 aliphatic rings. The number of benzene rings is 1. The van der Waals surface area contributed by atoms with Crippen LogP contribution in [0.25, 0.3) is 0 Å². The third-order valence-electron chi connectivity index (χ3n) is 4.76. The van der Waals surface area contributed by atoms with Crippen LogP contribution in [0.3, 0.4) is 0 Å². The molecule has 2 amide bonds. The Labute approximate surface area is 143 Å². The Bertz CT molecular complexity index is 548. The third kappa shape index (κ3) is 4.03. The summed E-state index contributed by atoms with van der Waals surface area (Å²) in [7, 11) is 0. The second kappa shape index (κ2) is 7.79. The molecule has 1 aromatic carbocycles. The number of hydrogen-bond donors (Lipinski definition) is 2. The lowest BCUT2D eigenvalue weighted by Crippen LogP contribution is -2.52. The van der Waals surface area contributed by atoms with Gasteiger partial charge in [0.2, 0.25) is 11.8 Å². The topological polar surface area (TPSA) is 61.4 Å². The molecule has 0 bridgehead atoms. The Morgan fingerprint density at radius 1 is 1.35 bits per heavy atom. The van der Waals surface area contributed by atoms with E-state index in [0.717, 1.165) is 18.7 Å². The van der Waals surface area contributed by atoms with E-state index < -0.39 is 0 Å². The lowest BCUT2D eigenvalue weighted by molar-refractivity contribution is -0.134. The van der Waals surface area contributed by atoms with Crippen molar-refractivity contribution >= 4 is 24.2 Å². The quantitative estimate of drug-likeness (QED) is 0.848. The number of nitrogens with one attached hydrogen (secondary N) is 2. The Balaban J connectivity index is 0.00000192. The number of carbonyl (C=O) groups is 2. The third-order valence-corrected chi connectivity index (χ3v) is 4.76. The van der Waals surface area contributed by atoms with Gasteiger partial charge in [-0.25, -0.2) is 0 Å². The average Bonchev–Trinajstić information content (AvgIpc) is 2.79. The standard InChI is InChI=1S/C17H23N3O2.ClH/c1-12(14-9-18-10-14)16(21)19-15-7-8-20(17(15)22)11-13-5-3-2-4-6-13;/h2-6,12,14-15,18H,7-11H2,1H3,(H,19,21);1H. The highest BCUT2D eigenvalue weighted by Gasteiger charge is 2.35. The molecule has 126 valence electrons. The molecule has 1 aromatic rings. The molecule has 5 nitrogen and oxygen atoms in total. The fourth-order valence-electron chi connectivity index (χ4n) is 3.02.